The second kappa shape index (κ2) is 6.29. The van der Waals surface area contributed by atoms with Crippen molar-refractivity contribution < 1.29 is 28.5 Å². The lowest BCUT2D eigenvalue weighted by molar-refractivity contribution is 0.238. The van der Waals surface area contributed by atoms with Crippen LogP contribution >= 0.6 is 15.0 Å². The van der Waals surface area contributed by atoms with Gasteiger partial charge in [-0.15, -0.1) is 0 Å². The molecule has 0 rings (SSSR count). The molecule has 0 aromatic carbocycles. The zero-order valence-corrected chi connectivity index (χ0v) is 11.5. The predicted molar refractivity (Wildman–Crippen MR) is 61.7 cm³/mol. The number of hydrogen-bond donors (Lipinski definition) is 3. The Hall–Kier alpha value is 0.300. The molecule has 0 fully saturated rings. The second-order valence-corrected chi connectivity index (χ2v) is 8.69. The fraction of sp³-hybridized carbons (Fsp3) is 1.00. The van der Waals surface area contributed by atoms with Crippen LogP contribution in [0.4, 0.5) is 0 Å². The van der Waals surface area contributed by atoms with E-state index in [-0.39, 0.29) is 13.0 Å². The lowest BCUT2D eigenvalue weighted by Gasteiger charge is -2.27. The number of hydrogen-bond acceptors (Lipinski definition) is 4. The Morgan fingerprint density at radius 3 is 2.06 bits per heavy atom. The van der Waals surface area contributed by atoms with Crippen molar-refractivity contribution >= 4 is 15.0 Å². The van der Waals surface area contributed by atoms with Crippen LogP contribution in [0.25, 0.3) is 0 Å². The molecule has 0 radical (unpaired) electrons. The third kappa shape index (κ3) is 3.95. The number of rotatable bonds is 7. The molecule has 6 nitrogen and oxygen atoms in total. The van der Waals surface area contributed by atoms with E-state index >= 15 is 0 Å². The van der Waals surface area contributed by atoms with E-state index in [9.17, 15) is 24.0 Å². The average molecular weight is 274 g/mol. The van der Waals surface area contributed by atoms with E-state index in [0.717, 1.165) is 6.92 Å². The standard InChI is InChI=1S/C8H20O6P2/c1-4-6-8(15(10,11)7(3)9)16(12,13)14-5-2/h7-9H,4-6H2,1-3H3,(H,10,11)(H,12,13). The van der Waals surface area contributed by atoms with Gasteiger partial charge in [0.15, 0.2) is 0 Å². The van der Waals surface area contributed by atoms with Gasteiger partial charge < -0.3 is 19.4 Å². The van der Waals surface area contributed by atoms with Crippen LogP contribution in [0.15, 0.2) is 0 Å². The molecule has 3 N–H and O–H groups in total. The zero-order chi connectivity index (χ0) is 13.0. The lowest BCUT2D eigenvalue weighted by Crippen LogP contribution is -2.18. The third-order valence-corrected chi connectivity index (χ3v) is 7.89. The van der Waals surface area contributed by atoms with Gasteiger partial charge in [-0.25, -0.2) is 0 Å². The maximum absolute atomic E-state index is 11.8. The monoisotopic (exact) mass is 274 g/mol. The molecule has 4 unspecified atom stereocenters. The molecule has 4 atom stereocenters. The summed E-state index contributed by atoms with van der Waals surface area (Å²) in [4.78, 5) is 19.2. The highest BCUT2D eigenvalue weighted by molar-refractivity contribution is 7.74. The van der Waals surface area contributed by atoms with E-state index in [1.54, 1.807) is 6.92 Å². The molecule has 0 aromatic heterocycles. The first-order valence-corrected chi connectivity index (χ1v) is 8.61. The van der Waals surface area contributed by atoms with Crippen molar-refractivity contribution in [2.45, 2.75) is 44.9 Å². The molecular formula is C8H20O6P2. The van der Waals surface area contributed by atoms with Gasteiger partial charge in [-0.2, -0.15) is 0 Å². The van der Waals surface area contributed by atoms with Crippen LogP contribution in [-0.4, -0.2) is 32.7 Å². The lowest BCUT2D eigenvalue weighted by atomic mass is 10.4. The fourth-order valence-electron chi connectivity index (χ4n) is 1.34. The molecule has 0 saturated carbocycles. The Labute approximate surface area is 95.6 Å². The highest BCUT2D eigenvalue weighted by atomic mass is 31.2. The van der Waals surface area contributed by atoms with Gasteiger partial charge in [-0.1, -0.05) is 13.3 Å². The SMILES string of the molecule is CCCC(P(=O)(O)OCC)P(=O)(O)C(C)O. The van der Waals surface area contributed by atoms with E-state index in [1.165, 1.54) is 6.92 Å². The topological polar surface area (TPSA) is 104 Å². The normalized spacial score (nSPS) is 23.1. The Morgan fingerprint density at radius 2 is 1.75 bits per heavy atom. The largest absolute Gasteiger partial charge is 0.383 e. The molecule has 0 spiro atoms. The number of aliphatic hydroxyl groups excluding tert-OH is 1. The van der Waals surface area contributed by atoms with E-state index in [1.807, 2.05) is 0 Å². The van der Waals surface area contributed by atoms with Crippen molar-refractivity contribution in [2.24, 2.45) is 0 Å². The zero-order valence-electron chi connectivity index (χ0n) is 9.74. The minimum absolute atomic E-state index is 0.0200. The summed E-state index contributed by atoms with van der Waals surface area (Å²) < 4.78 is 28.2. The van der Waals surface area contributed by atoms with Gasteiger partial charge in [-0.3, -0.25) is 9.13 Å². The molecule has 0 amide bonds. The summed E-state index contributed by atoms with van der Waals surface area (Å²) in [6, 6.07) is 0. The van der Waals surface area contributed by atoms with Crippen molar-refractivity contribution in [1.29, 1.82) is 0 Å². The summed E-state index contributed by atoms with van der Waals surface area (Å²) in [5.41, 5.74) is 0. The maximum Gasteiger partial charge on any atom is 0.340 e. The van der Waals surface area contributed by atoms with Crippen molar-refractivity contribution in [1.82, 2.24) is 0 Å². The van der Waals surface area contributed by atoms with Gasteiger partial charge in [0.2, 0.25) is 7.37 Å². The van der Waals surface area contributed by atoms with Crippen LogP contribution in [0.3, 0.4) is 0 Å². The van der Waals surface area contributed by atoms with Crippen LogP contribution in [0.2, 0.25) is 0 Å². The Balaban J connectivity index is 5.16. The average Bonchev–Trinajstić information content (AvgIpc) is 2.13. The summed E-state index contributed by atoms with van der Waals surface area (Å²) in [7, 11) is -8.29. The summed E-state index contributed by atoms with van der Waals surface area (Å²) in [5, 5.41) is 7.80. The number of aliphatic hydroxyl groups is 1. The molecule has 0 bridgehead atoms. The van der Waals surface area contributed by atoms with Crippen LogP contribution in [0.1, 0.15) is 33.6 Å². The third-order valence-electron chi connectivity index (χ3n) is 2.20. The van der Waals surface area contributed by atoms with Gasteiger partial charge >= 0.3 is 7.60 Å². The van der Waals surface area contributed by atoms with E-state index in [4.69, 9.17) is 0 Å². The summed E-state index contributed by atoms with van der Waals surface area (Å²) in [6.07, 6.45) is 0.520. The van der Waals surface area contributed by atoms with Crippen molar-refractivity contribution in [2.75, 3.05) is 6.61 Å². The highest BCUT2D eigenvalue weighted by Crippen LogP contribution is 2.67. The Bertz CT molecular complexity index is 303. The molecule has 0 aliphatic carbocycles. The molecule has 8 heteroatoms. The van der Waals surface area contributed by atoms with Crippen molar-refractivity contribution in [3.63, 3.8) is 0 Å². The van der Waals surface area contributed by atoms with Crippen LogP contribution < -0.4 is 0 Å². The molecule has 0 heterocycles. The smallest absolute Gasteiger partial charge is 0.340 e. The second-order valence-electron chi connectivity index (χ2n) is 3.56. The minimum Gasteiger partial charge on any atom is -0.383 e. The van der Waals surface area contributed by atoms with Crippen molar-refractivity contribution in [3.05, 3.63) is 0 Å². The minimum atomic E-state index is -4.17. The molecule has 0 saturated heterocycles. The van der Waals surface area contributed by atoms with E-state index in [2.05, 4.69) is 4.52 Å². The molecule has 0 aliphatic rings. The predicted octanol–water partition coefficient (Wildman–Crippen LogP) is 1.94. The molecule has 16 heavy (non-hydrogen) atoms. The molecule has 0 aliphatic heterocycles. The summed E-state index contributed by atoms with van der Waals surface area (Å²) >= 11 is 0. The van der Waals surface area contributed by atoms with Crippen LogP contribution in [0.5, 0.6) is 0 Å². The van der Waals surface area contributed by atoms with E-state index < -0.39 is 26.2 Å². The fourth-order valence-corrected chi connectivity index (χ4v) is 6.04. The quantitative estimate of drug-likeness (QED) is 0.613. The molecular weight excluding hydrogens is 254 g/mol. The summed E-state index contributed by atoms with van der Waals surface area (Å²) in [5.74, 6) is -1.54. The first-order valence-electron chi connectivity index (χ1n) is 5.17. The van der Waals surface area contributed by atoms with Gasteiger partial charge in [-0.05, 0) is 20.3 Å². The molecule has 0 aromatic rings. The van der Waals surface area contributed by atoms with Gasteiger partial charge in [0.1, 0.15) is 11.2 Å². The molecule has 98 valence electrons. The van der Waals surface area contributed by atoms with Crippen molar-refractivity contribution in [3.8, 4) is 0 Å². The first kappa shape index (κ1) is 16.3. The van der Waals surface area contributed by atoms with Crippen LogP contribution in [-0.2, 0) is 13.7 Å². The first-order chi connectivity index (χ1) is 7.20. The maximum atomic E-state index is 11.8. The van der Waals surface area contributed by atoms with E-state index in [0.29, 0.717) is 6.42 Å². The van der Waals surface area contributed by atoms with Gasteiger partial charge in [0, 0.05) is 0 Å². The van der Waals surface area contributed by atoms with Gasteiger partial charge in [0.25, 0.3) is 0 Å². The van der Waals surface area contributed by atoms with Crippen LogP contribution in [0, 0.1) is 0 Å². The summed E-state index contributed by atoms with van der Waals surface area (Å²) in [6.45, 7) is 4.36. The highest BCUT2D eigenvalue weighted by Gasteiger charge is 2.47. The van der Waals surface area contributed by atoms with Gasteiger partial charge in [0.05, 0.1) is 6.61 Å². The Morgan fingerprint density at radius 1 is 1.25 bits per heavy atom. The Kier molecular flexibility index (Phi) is 6.41.